The van der Waals surface area contributed by atoms with Gasteiger partial charge in [-0.3, -0.25) is 0 Å². The Morgan fingerprint density at radius 2 is 2.00 bits per heavy atom. The Balaban J connectivity index is 1.92. The van der Waals surface area contributed by atoms with E-state index in [-0.39, 0.29) is 5.69 Å². The predicted molar refractivity (Wildman–Crippen MR) is 73.6 cm³/mol. The molecule has 6 heteroatoms. The fourth-order valence-corrected chi connectivity index (χ4v) is 2.48. The number of carbonyl (C=O) groups is 1. The van der Waals surface area contributed by atoms with Crippen molar-refractivity contribution in [2.45, 2.75) is 25.3 Å². The van der Waals surface area contributed by atoms with Crippen molar-refractivity contribution in [2.75, 3.05) is 5.75 Å². The Labute approximate surface area is 115 Å². The second-order valence-corrected chi connectivity index (χ2v) is 5.38. The van der Waals surface area contributed by atoms with E-state index in [0.29, 0.717) is 12.2 Å². The fraction of sp³-hybridized carbons (Fsp3) is 0.308. The van der Waals surface area contributed by atoms with Gasteiger partial charge in [-0.25, -0.2) is 9.48 Å². The van der Waals surface area contributed by atoms with Gasteiger partial charge in [0.05, 0.1) is 12.2 Å². The van der Waals surface area contributed by atoms with E-state index in [1.54, 1.807) is 23.4 Å². The summed E-state index contributed by atoms with van der Waals surface area (Å²) in [5.74, 6) is -0.207. The molecule has 100 valence electrons. The summed E-state index contributed by atoms with van der Waals surface area (Å²) in [6, 6.07) is 8.31. The molecule has 0 aliphatic carbocycles. The molecule has 1 aromatic carbocycles. The number of aryl methyl sites for hydroxylation is 2. The molecule has 0 amide bonds. The third-order valence-electron chi connectivity index (χ3n) is 2.78. The van der Waals surface area contributed by atoms with Crippen LogP contribution in [0.5, 0.6) is 0 Å². The van der Waals surface area contributed by atoms with E-state index in [1.165, 1.54) is 10.5 Å². The van der Waals surface area contributed by atoms with Crippen molar-refractivity contribution in [1.29, 1.82) is 0 Å². The molecule has 0 unspecified atom stereocenters. The second kappa shape index (κ2) is 5.88. The summed E-state index contributed by atoms with van der Waals surface area (Å²) in [5.41, 5.74) is 1.86. The molecule has 0 aliphatic rings. The van der Waals surface area contributed by atoms with E-state index >= 15 is 0 Å². The molecular weight excluding hydrogens is 262 g/mol. The third kappa shape index (κ3) is 3.35. The van der Waals surface area contributed by atoms with Crippen LogP contribution in [0.2, 0.25) is 0 Å². The van der Waals surface area contributed by atoms with Gasteiger partial charge in [-0.05, 0) is 26.0 Å². The van der Waals surface area contributed by atoms with Gasteiger partial charge in [0.25, 0.3) is 0 Å². The number of hydrogen-bond acceptors (Lipinski definition) is 4. The topological polar surface area (TPSA) is 68.0 Å². The van der Waals surface area contributed by atoms with Gasteiger partial charge < -0.3 is 5.11 Å². The smallest absolute Gasteiger partial charge is 0.358 e. The lowest BCUT2D eigenvalue weighted by molar-refractivity contribution is 0.0689. The lowest BCUT2D eigenvalue weighted by Gasteiger charge is -2.04. The Kier molecular flexibility index (Phi) is 4.21. The van der Waals surface area contributed by atoms with Crippen LogP contribution in [-0.2, 0) is 6.54 Å². The third-order valence-corrected chi connectivity index (χ3v) is 3.77. The van der Waals surface area contributed by atoms with Crippen molar-refractivity contribution in [2.24, 2.45) is 0 Å². The van der Waals surface area contributed by atoms with Gasteiger partial charge in [0.15, 0.2) is 5.69 Å². The summed E-state index contributed by atoms with van der Waals surface area (Å²) in [7, 11) is 0. The standard InChI is InChI=1S/C13H15N3O2S/c1-9-3-5-11(6-4-9)19-8-7-16-10(2)12(13(17)18)14-15-16/h3-6H,7-8H2,1-2H3,(H,17,18). The van der Waals surface area contributed by atoms with Gasteiger partial charge in [0.2, 0.25) is 0 Å². The zero-order valence-electron chi connectivity index (χ0n) is 10.8. The number of benzene rings is 1. The van der Waals surface area contributed by atoms with Crippen LogP contribution in [0.15, 0.2) is 29.2 Å². The SMILES string of the molecule is Cc1ccc(SCCn2nnc(C(=O)O)c2C)cc1. The number of rotatable bonds is 5. The zero-order chi connectivity index (χ0) is 13.8. The van der Waals surface area contributed by atoms with Crippen molar-refractivity contribution < 1.29 is 9.90 Å². The van der Waals surface area contributed by atoms with Crippen molar-refractivity contribution in [1.82, 2.24) is 15.0 Å². The van der Waals surface area contributed by atoms with Crippen molar-refractivity contribution in [3.63, 3.8) is 0 Å². The maximum absolute atomic E-state index is 10.8. The van der Waals surface area contributed by atoms with Crippen LogP contribution in [0.25, 0.3) is 0 Å². The Hall–Kier alpha value is -1.82. The molecule has 1 aromatic heterocycles. The average Bonchev–Trinajstić information content (AvgIpc) is 2.74. The van der Waals surface area contributed by atoms with Crippen LogP contribution in [0.1, 0.15) is 21.7 Å². The summed E-state index contributed by atoms with van der Waals surface area (Å²) in [5, 5.41) is 16.4. The molecule has 2 rings (SSSR count). The van der Waals surface area contributed by atoms with Gasteiger partial charge in [0, 0.05) is 10.6 Å². The van der Waals surface area contributed by atoms with Crippen molar-refractivity contribution in [3.8, 4) is 0 Å². The molecule has 0 atom stereocenters. The monoisotopic (exact) mass is 277 g/mol. The van der Waals surface area contributed by atoms with E-state index in [9.17, 15) is 4.79 Å². The lowest BCUT2D eigenvalue weighted by atomic mass is 10.2. The second-order valence-electron chi connectivity index (χ2n) is 4.21. The average molecular weight is 277 g/mol. The molecule has 19 heavy (non-hydrogen) atoms. The maximum Gasteiger partial charge on any atom is 0.358 e. The highest BCUT2D eigenvalue weighted by molar-refractivity contribution is 7.99. The number of aromatic carboxylic acids is 1. The molecule has 0 spiro atoms. The highest BCUT2D eigenvalue weighted by Crippen LogP contribution is 2.18. The number of aromatic nitrogens is 3. The first-order chi connectivity index (χ1) is 9.08. The quantitative estimate of drug-likeness (QED) is 0.850. The van der Waals surface area contributed by atoms with E-state index in [0.717, 1.165) is 5.75 Å². The minimum atomic E-state index is -1.03. The number of nitrogens with zero attached hydrogens (tertiary/aromatic N) is 3. The molecule has 1 N–H and O–H groups in total. The van der Waals surface area contributed by atoms with Crippen molar-refractivity contribution >= 4 is 17.7 Å². The maximum atomic E-state index is 10.8. The van der Waals surface area contributed by atoms with Crippen LogP contribution in [0.4, 0.5) is 0 Å². The Morgan fingerprint density at radius 3 is 2.58 bits per heavy atom. The van der Waals surface area contributed by atoms with Crippen molar-refractivity contribution in [3.05, 3.63) is 41.2 Å². The molecule has 0 bridgehead atoms. The van der Waals surface area contributed by atoms with Crippen LogP contribution in [0.3, 0.4) is 0 Å². The Morgan fingerprint density at radius 1 is 1.32 bits per heavy atom. The van der Waals surface area contributed by atoms with E-state index < -0.39 is 5.97 Å². The minimum Gasteiger partial charge on any atom is -0.476 e. The predicted octanol–water partition coefficient (Wildman–Crippen LogP) is 2.39. The summed E-state index contributed by atoms with van der Waals surface area (Å²) in [4.78, 5) is 12.0. The number of carboxylic acids is 1. The molecule has 2 aromatic rings. The largest absolute Gasteiger partial charge is 0.476 e. The molecule has 0 aliphatic heterocycles. The molecule has 0 saturated carbocycles. The van der Waals surface area contributed by atoms with E-state index in [4.69, 9.17) is 5.11 Å². The number of carboxylic acid groups (broad SMARTS) is 1. The first-order valence-electron chi connectivity index (χ1n) is 5.91. The summed E-state index contributed by atoms with van der Waals surface area (Å²) >= 11 is 1.71. The lowest BCUT2D eigenvalue weighted by Crippen LogP contribution is -2.06. The normalized spacial score (nSPS) is 10.6. The molecule has 0 saturated heterocycles. The molecule has 0 fully saturated rings. The van der Waals surface area contributed by atoms with Crippen LogP contribution in [0, 0.1) is 13.8 Å². The fourth-order valence-electron chi connectivity index (χ4n) is 1.65. The van der Waals surface area contributed by atoms with Crippen LogP contribution >= 0.6 is 11.8 Å². The van der Waals surface area contributed by atoms with Crippen LogP contribution in [-0.4, -0.2) is 31.8 Å². The van der Waals surface area contributed by atoms with Crippen LogP contribution < -0.4 is 0 Å². The van der Waals surface area contributed by atoms with Gasteiger partial charge in [-0.1, -0.05) is 22.9 Å². The molecule has 5 nitrogen and oxygen atoms in total. The highest BCUT2D eigenvalue weighted by Gasteiger charge is 2.14. The van der Waals surface area contributed by atoms with E-state index in [1.807, 2.05) is 0 Å². The Bertz CT molecular complexity index is 578. The first kappa shape index (κ1) is 13.6. The van der Waals surface area contributed by atoms with E-state index in [2.05, 4.69) is 41.5 Å². The summed E-state index contributed by atoms with van der Waals surface area (Å²) < 4.78 is 1.63. The molecular formula is C13H15N3O2S. The highest BCUT2D eigenvalue weighted by atomic mass is 32.2. The molecule has 0 radical (unpaired) electrons. The number of hydrogen-bond donors (Lipinski definition) is 1. The summed E-state index contributed by atoms with van der Waals surface area (Å²) in [6.45, 7) is 4.42. The zero-order valence-corrected chi connectivity index (χ0v) is 11.6. The molecule has 1 heterocycles. The van der Waals surface area contributed by atoms with Gasteiger partial charge in [-0.15, -0.1) is 16.9 Å². The van der Waals surface area contributed by atoms with Gasteiger partial charge >= 0.3 is 5.97 Å². The first-order valence-corrected chi connectivity index (χ1v) is 6.89. The summed E-state index contributed by atoms with van der Waals surface area (Å²) in [6.07, 6.45) is 0. The van der Waals surface area contributed by atoms with Gasteiger partial charge in [0.1, 0.15) is 0 Å². The number of thioether (sulfide) groups is 1. The minimum absolute atomic E-state index is 0.0281. The van der Waals surface area contributed by atoms with Gasteiger partial charge in [-0.2, -0.15) is 0 Å².